The number of nitrogens with one attached hydrogen (secondary N) is 9. The van der Waals surface area contributed by atoms with Gasteiger partial charge in [0.05, 0.1) is 45.0 Å². The van der Waals surface area contributed by atoms with Crippen molar-refractivity contribution in [2.45, 2.75) is 146 Å². The van der Waals surface area contributed by atoms with Crippen LogP contribution in [-0.4, -0.2) is 176 Å². The molecule has 0 saturated carbocycles. The van der Waals surface area contributed by atoms with Gasteiger partial charge in [0.25, 0.3) is 0 Å². The highest BCUT2D eigenvalue weighted by atomic mass is 16.5. The fourth-order valence-electron chi connectivity index (χ4n) is 8.07. The molecule has 8 amide bonds. The summed E-state index contributed by atoms with van der Waals surface area (Å²) in [7, 11) is 0. The Morgan fingerprint density at radius 3 is 1.63 bits per heavy atom. The molecule has 0 aliphatic rings. The van der Waals surface area contributed by atoms with Crippen LogP contribution < -0.4 is 59.7 Å². The summed E-state index contributed by atoms with van der Waals surface area (Å²) >= 11 is 0. The summed E-state index contributed by atoms with van der Waals surface area (Å²) < 4.78 is 5.26. The fraction of sp³-hybridized carbons (Fsp3) is 0.500. The number of carboxylic acid groups (broad SMARTS) is 2. The van der Waals surface area contributed by atoms with Crippen LogP contribution in [0.15, 0.2) is 72.1 Å². The molecule has 1 aromatic heterocycles. The van der Waals surface area contributed by atoms with Gasteiger partial charge in [-0.05, 0) is 55.4 Å². The first kappa shape index (κ1) is 69.1. The van der Waals surface area contributed by atoms with E-state index in [0.717, 1.165) is 5.56 Å². The number of phenolic OH excluding ortho intramolecular Hbond substituents is 1. The number of aromatic nitrogens is 2. The van der Waals surface area contributed by atoms with Crippen LogP contribution >= 0.6 is 0 Å². The van der Waals surface area contributed by atoms with Crippen LogP contribution in [0.3, 0.4) is 0 Å². The molecule has 3 aromatic rings. The first-order valence-corrected chi connectivity index (χ1v) is 27.2. The van der Waals surface area contributed by atoms with E-state index in [2.05, 4.69) is 57.5 Å². The van der Waals surface area contributed by atoms with E-state index in [9.17, 15) is 73.2 Å². The molecule has 30 nitrogen and oxygen atoms in total. The number of rotatable bonds is 39. The number of imidazole rings is 1. The van der Waals surface area contributed by atoms with Gasteiger partial charge >= 0.3 is 17.9 Å². The van der Waals surface area contributed by atoms with Crippen molar-refractivity contribution in [3.8, 4) is 5.75 Å². The monoisotopic (exact) mass is 1180 g/mol. The third-order valence-corrected chi connectivity index (χ3v) is 12.6. The van der Waals surface area contributed by atoms with Crippen LogP contribution in [0.4, 0.5) is 0 Å². The number of nitrogens with zero attached hydrogens (tertiary/aromatic N) is 2. The minimum Gasteiger partial charge on any atom is -0.508 e. The molecule has 0 spiro atoms. The molecule has 0 bridgehead atoms. The zero-order valence-corrected chi connectivity index (χ0v) is 46.8. The number of H-pyrrole nitrogens is 1. The van der Waals surface area contributed by atoms with E-state index >= 15 is 0 Å². The molecule has 8 atom stereocenters. The van der Waals surface area contributed by atoms with E-state index in [1.165, 1.54) is 24.7 Å². The summed E-state index contributed by atoms with van der Waals surface area (Å²) in [6, 6.07) is 2.50. The topological polar surface area (TPSA) is 493 Å². The van der Waals surface area contributed by atoms with Crippen LogP contribution in [0.2, 0.25) is 0 Å². The van der Waals surface area contributed by atoms with Gasteiger partial charge < -0.3 is 89.9 Å². The number of aromatic amines is 1. The number of amides is 8. The Morgan fingerprint density at radius 1 is 0.607 bits per heavy atom. The Kier molecular flexibility index (Phi) is 30.4. The average molecular weight is 1180 g/mol. The van der Waals surface area contributed by atoms with Gasteiger partial charge in [-0.15, -0.1) is 0 Å². The second-order valence-corrected chi connectivity index (χ2v) is 19.5. The molecule has 0 aliphatic carbocycles. The van der Waals surface area contributed by atoms with Gasteiger partial charge in [0, 0.05) is 31.3 Å². The van der Waals surface area contributed by atoms with Gasteiger partial charge in [-0.3, -0.25) is 52.9 Å². The number of guanidine groups is 1. The molecule has 0 unspecified atom stereocenters. The number of aromatic hydroxyl groups is 1. The van der Waals surface area contributed by atoms with Crippen LogP contribution in [-0.2, 0) is 76.7 Å². The largest absolute Gasteiger partial charge is 0.508 e. The summed E-state index contributed by atoms with van der Waals surface area (Å²) in [4.78, 5) is 157. The molecule has 1 heterocycles. The van der Waals surface area contributed by atoms with Crippen molar-refractivity contribution in [2.24, 2.45) is 22.2 Å². The minimum atomic E-state index is -1.95. The van der Waals surface area contributed by atoms with Crippen molar-refractivity contribution in [1.82, 2.24) is 52.5 Å². The highest BCUT2D eigenvalue weighted by molar-refractivity contribution is 5.99. The van der Waals surface area contributed by atoms with E-state index in [1.807, 2.05) is 0 Å². The standard InChI is InChI=1S/C54H78N14O16/c1-3-5-13-36(48(78)67-41(26-45(74)75)53(83)84-22-20-31-11-8-7-9-12-31)64-51(81)40(25-44(72)73)66-52(82)42(29-69)68-49(79)37(14-6-4-2)63-47(77)38(15-10-21-59-54(56)57)65-50(80)39(24-33-27-58-30-61-33)62-43(71)28-60-46(76)35(55)23-32-16-18-34(70)19-17-32/h7-9,11-12,16-19,27,30,35-42,69-70H,3-6,10,13-15,20-26,28-29,55H2,1-2H3,(H,58,61)(H,60,76)(H,62,71)(H,63,77)(H,64,81)(H,65,80)(H,66,82)(H,67,78)(H,68,79)(H,72,73)(H,74,75)(H4,56,57,59)/t35-,36+,37+,38+,39+,40+,41+,42+/m1/s1. The molecule has 2 aromatic carbocycles. The second-order valence-electron chi connectivity index (χ2n) is 19.5. The smallest absolute Gasteiger partial charge is 0.329 e. The molecule has 0 saturated heterocycles. The summed E-state index contributed by atoms with van der Waals surface area (Å²) in [6.45, 7) is 1.64. The number of benzene rings is 2. The van der Waals surface area contributed by atoms with Crippen LogP contribution in [0, 0.1) is 0 Å². The van der Waals surface area contributed by atoms with Gasteiger partial charge in [0.1, 0.15) is 48.0 Å². The Morgan fingerprint density at radius 2 is 1.11 bits per heavy atom. The van der Waals surface area contributed by atoms with E-state index in [-0.39, 0.29) is 69.8 Å². The van der Waals surface area contributed by atoms with E-state index in [0.29, 0.717) is 36.9 Å². The molecular weight excluding hydrogens is 1100 g/mol. The highest BCUT2D eigenvalue weighted by Gasteiger charge is 2.35. The number of phenols is 1. The fourth-order valence-corrected chi connectivity index (χ4v) is 8.07. The van der Waals surface area contributed by atoms with Crippen molar-refractivity contribution in [3.05, 3.63) is 83.9 Å². The molecule has 0 radical (unpaired) electrons. The first-order valence-electron chi connectivity index (χ1n) is 27.2. The van der Waals surface area contributed by atoms with Crippen molar-refractivity contribution in [3.63, 3.8) is 0 Å². The number of ether oxygens (including phenoxy) is 1. The van der Waals surface area contributed by atoms with Crippen molar-refractivity contribution < 1.29 is 77.9 Å². The summed E-state index contributed by atoms with van der Waals surface area (Å²) in [5.74, 6) is -12.2. The van der Waals surface area contributed by atoms with E-state index in [1.54, 1.807) is 56.3 Å². The van der Waals surface area contributed by atoms with Gasteiger partial charge in [0.15, 0.2) is 5.96 Å². The highest BCUT2D eigenvalue weighted by Crippen LogP contribution is 2.13. The molecule has 0 fully saturated rings. The Hall–Kier alpha value is -9.19. The van der Waals surface area contributed by atoms with Gasteiger partial charge in [-0.2, -0.15) is 0 Å². The minimum absolute atomic E-state index is 0.00892. The zero-order valence-electron chi connectivity index (χ0n) is 46.8. The second kappa shape index (κ2) is 37.0. The molecule has 460 valence electrons. The molecule has 3 rings (SSSR count). The Balaban J connectivity index is 1.78. The summed E-state index contributed by atoms with van der Waals surface area (Å²) in [5.41, 5.74) is 18.9. The number of unbranched alkanes of at least 4 members (excludes halogenated alkanes) is 2. The lowest BCUT2D eigenvalue weighted by atomic mass is 10.0. The number of hydrogen-bond acceptors (Lipinski definition) is 17. The Bertz CT molecular complexity index is 2680. The maximum Gasteiger partial charge on any atom is 0.329 e. The lowest BCUT2D eigenvalue weighted by molar-refractivity contribution is -0.152. The lowest BCUT2D eigenvalue weighted by Crippen LogP contribution is -2.61. The number of carbonyl (C=O) groups excluding carboxylic acids is 9. The van der Waals surface area contributed by atoms with Crippen molar-refractivity contribution in [2.75, 3.05) is 26.3 Å². The van der Waals surface area contributed by atoms with Gasteiger partial charge in [0.2, 0.25) is 47.3 Å². The quantitative estimate of drug-likeness (QED) is 0.0116. The maximum atomic E-state index is 14.2. The third-order valence-electron chi connectivity index (χ3n) is 12.6. The predicted molar refractivity (Wildman–Crippen MR) is 300 cm³/mol. The predicted octanol–water partition coefficient (Wildman–Crippen LogP) is -3.10. The van der Waals surface area contributed by atoms with Crippen LogP contribution in [0.25, 0.3) is 0 Å². The van der Waals surface area contributed by atoms with Gasteiger partial charge in [-0.25, -0.2) is 9.78 Å². The number of aliphatic hydroxyl groups excluding tert-OH is 1. The van der Waals surface area contributed by atoms with Crippen molar-refractivity contribution in [1.29, 1.82) is 0 Å². The molecule has 84 heavy (non-hydrogen) atoms. The molecule has 30 heteroatoms. The first-order chi connectivity index (χ1) is 40.0. The number of aliphatic imine (C=N–C) groups is 1. The lowest BCUT2D eigenvalue weighted by Gasteiger charge is -2.27. The van der Waals surface area contributed by atoms with Crippen LogP contribution in [0.5, 0.6) is 5.75 Å². The normalized spacial score (nSPS) is 13.7. The Labute approximate surface area is 484 Å². The SMILES string of the molecule is CCCC[C@H](NC(=O)[C@H](CCCN=C(N)N)NC(=O)[C@H](Cc1cnc[nH]1)NC(=O)CNC(=O)[C@H](N)Cc1ccc(O)cc1)C(=O)N[C@@H](CO)C(=O)N[C@@H](CC(=O)O)C(=O)N[C@@H](CCCC)C(=O)N[C@@H](CC(=O)O)C(=O)OCCc1ccccc1. The number of esters is 1. The summed E-state index contributed by atoms with van der Waals surface area (Å²) in [6.07, 6.45) is 2.31. The summed E-state index contributed by atoms with van der Waals surface area (Å²) in [5, 5.41) is 58.5. The van der Waals surface area contributed by atoms with E-state index in [4.69, 9.17) is 21.9 Å². The van der Waals surface area contributed by atoms with Crippen LogP contribution in [0.1, 0.15) is 94.9 Å². The number of hydrogen-bond donors (Lipinski definition) is 16. The average Bonchev–Trinajstić information content (AvgIpc) is 4.04. The molecule has 19 N–H and O–H groups in total. The van der Waals surface area contributed by atoms with Gasteiger partial charge in [-0.1, -0.05) is 82.0 Å². The molecule has 0 aliphatic heterocycles. The number of carboxylic acids is 2. The van der Waals surface area contributed by atoms with Crippen molar-refractivity contribution >= 4 is 71.1 Å². The number of aliphatic hydroxyl groups is 1. The number of nitrogens with two attached hydrogens (primary N) is 3. The number of carbonyl (C=O) groups is 11. The zero-order chi connectivity index (χ0) is 62.1. The maximum absolute atomic E-state index is 14.2. The third kappa shape index (κ3) is 26.2. The molecular formula is C54H78N14O16. The van der Waals surface area contributed by atoms with E-state index < -0.39 is 139 Å². The number of aliphatic carboxylic acids is 2.